The van der Waals surface area contributed by atoms with Crippen molar-refractivity contribution >= 4 is 79.1 Å². The summed E-state index contributed by atoms with van der Waals surface area (Å²) in [5.74, 6) is -6.38. The highest BCUT2D eigenvalue weighted by Crippen LogP contribution is 2.61. The third-order valence-electron chi connectivity index (χ3n) is 7.56. The van der Waals surface area contributed by atoms with E-state index in [1.165, 1.54) is 17.8 Å². The molecule has 0 radical (unpaired) electrons. The SMILES string of the molecule is COC(OP(=O)(O)OP(O)(=S)OCC1OC(n2cnc3c(N)ncnc32)C(OC(C)=O)C1OC(C)=O)C(OC(C)=O)C(OC(C)=O)C(OC(C)=O)C(C)COC(C)=O. The zero-order valence-electron chi connectivity index (χ0n) is 32.2. The number of carbonyl (C=O) groups is 6. The van der Waals surface area contributed by atoms with E-state index < -0.39 is 119 Å². The number of fused-ring (bicyclic) bond motifs is 1. The highest BCUT2D eigenvalue weighted by molar-refractivity contribution is 8.08. The van der Waals surface area contributed by atoms with Gasteiger partial charge in [0.25, 0.3) is 0 Å². The third-order valence-corrected chi connectivity index (χ3v) is 11.1. The Kier molecular flexibility index (Phi) is 17.1. The van der Waals surface area contributed by atoms with Gasteiger partial charge in [-0.15, -0.1) is 0 Å². The van der Waals surface area contributed by atoms with Crippen molar-refractivity contribution in [2.45, 2.75) is 97.6 Å². The number of hydrogen-bond donors (Lipinski definition) is 3. The molecule has 11 atom stereocenters. The molecular weight excluding hydrogens is 844 g/mol. The molecular formula is C30H43N5O20P2S. The first kappa shape index (κ1) is 48.1. The number of nitrogens with zero attached hydrogens (tertiary/aromatic N) is 4. The average Bonchev–Trinajstić information content (AvgIpc) is 3.66. The van der Waals surface area contributed by atoms with E-state index in [9.17, 15) is 43.1 Å². The second-order valence-electron chi connectivity index (χ2n) is 12.3. The van der Waals surface area contributed by atoms with Gasteiger partial charge >= 0.3 is 50.4 Å². The van der Waals surface area contributed by atoms with Crippen LogP contribution in [0.2, 0.25) is 0 Å². The van der Waals surface area contributed by atoms with Crippen molar-refractivity contribution in [2.75, 3.05) is 26.1 Å². The second kappa shape index (κ2) is 20.6. The third kappa shape index (κ3) is 13.7. The molecule has 3 rings (SSSR count). The van der Waals surface area contributed by atoms with Crippen LogP contribution in [0.4, 0.5) is 5.82 Å². The number of methoxy groups -OCH3 is 1. The quantitative estimate of drug-likeness (QED) is 0.0705. The molecule has 2 aromatic heterocycles. The lowest BCUT2D eigenvalue weighted by Gasteiger charge is -2.37. The molecule has 3 heterocycles. The van der Waals surface area contributed by atoms with Crippen LogP contribution in [0, 0.1) is 5.92 Å². The summed E-state index contributed by atoms with van der Waals surface area (Å²) in [7, 11) is -4.77. The number of esters is 6. The summed E-state index contributed by atoms with van der Waals surface area (Å²) in [6.45, 7) is 1.35. The van der Waals surface area contributed by atoms with E-state index in [0.29, 0.717) is 0 Å². The number of ether oxygens (including phenoxy) is 8. The molecule has 1 saturated heterocycles. The Morgan fingerprint density at radius 1 is 0.862 bits per heavy atom. The number of nitrogen functional groups attached to an aromatic ring is 1. The molecule has 2 aromatic rings. The highest BCUT2D eigenvalue weighted by atomic mass is 32.5. The van der Waals surface area contributed by atoms with Gasteiger partial charge in [0.1, 0.15) is 24.1 Å². The maximum Gasteiger partial charge on any atom is 0.481 e. The minimum atomic E-state index is -5.68. The van der Waals surface area contributed by atoms with Crippen LogP contribution in [0.25, 0.3) is 11.2 Å². The molecule has 324 valence electrons. The number of nitrogens with two attached hydrogens (primary N) is 1. The fourth-order valence-electron chi connectivity index (χ4n) is 5.51. The van der Waals surface area contributed by atoms with Gasteiger partial charge in [-0.25, -0.2) is 23.8 Å². The van der Waals surface area contributed by atoms with Crippen LogP contribution < -0.4 is 5.73 Å². The molecule has 0 saturated carbocycles. The van der Waals surface area contributed by atoms with E-state index in [4.69, 9.17) is 68.8 Å². The molecule has 1 fully saturated rings. The van der Waals surface area contributed by atoms with Crippen LogP contribution in [0.1, 0.15) is 54.7 Å². The maximum absolute atomic E-state index is 13.4. The van der Waals surface area contributed by atoms with E-state index >= 15 is 0 Å². The van der Waals surface area contributed by atoms with Crippen molar-refractivity contribution in [3.8, 4) is 0 Å². The average molecular weight is 888 g/mol. The topological polar surface area (TPSA) is 331 Å². The van der Waals surface area contributed by atoms with Crippen molar-refractivity contribution in [2.24, 2.45) is 5.92 Å². The smallest absolute Gasteiger partial charge is 0.465 e. The molecule has 0 amide bonds. The van der Waals surface area contributed by atoms with Crippen LogP contribution in [0.3, 0.4) is 0 Å². The standard InChI is InChI=1S/C30H43N5O20P2S/c1-13(9-46-14(2)36)22(48-15(3)37)24(50-17(5)39)26(52-19(7)41)30(45-8)54-56(42,43)55-57(44,58)47-10-20-23(49-16(4)38)25(51-18(6)40)29(53-20)35-12-34-21-27(31)32-11-33-28(21)35/h11-13,20,22-26,29-30H,9-10H2,1-8H3,(H,42,43)(H,44,58)(H2,31,32,33). The first-order valence-corrected chi connectivity index (χ1v) is 20.8. The largest absolute Gasteiger partial charge is 0.481 e. The van der Waals surface area contributed by atoms with Gasteiger partial charge in [-0.2, -0.15) is 0 Å². The molecule has 25 nitrogen and oxygen atoms in total. The number of carbonyl (C=O) groups excluding carboxylic acids is 6. The van der Waals surface area contributed by atoms with Crippen LogP contribution in [-0.2, 0) is 96.4 Å². The van der Waals surface area contributed by atoms with Crippen molar-refractivity contribution in [1.29, 1.82) is 0 Å². The lowest BCUT2D eigenvalue weighted by atomic mass is 9.95. The Balaban J connectivity index is 1.90. The summed E-state index contributed by atoms with van der Waals surface area (Å²) in [6.07, 6.45) is -10.9. The monoisotopic (exact) mass is 887 g/mol. The normalized spacial score (nSPS) is 22.5. The van der Waals surface area contributed by atoms with Gasteiger partial charge in [0.15, 0.2) is 42.1 Å². The number of imidazole rings is 1. The Labute approximate surface area is 334 Å². The Bertz CT molecular complexity index is 1930. The molecule has 0 aromatic carbocycles. The van der Waals surface area contributed by atoms with Gasteiger partial charge in [-0.05, 0) is 11.8 Å². The lowest BCUT2D eigenvalue weighted by molar-refractivity contribution is -0.223. The predicted molar refractivity (Wildman–Crippen MR) is 192 cm³/mol. The molecule has 1 aliphatic heterocycles. The van der Waals surface area contributed by atoms with Crippen LogP contribution in [0.5, 0.6) is 0 Å². The summed E-state index contributed by atoms with van der Waals surface area (Å²) in [5.41, 5.74) is 6.17. The van der Waals surface area contributed by atoms with E-state index in [0.717, 1.165) is 55.0 Å². The van der Waals surface area contributed by atoms with Crippen molar-refractivity contribution in [3.05, 3.63) is 12.7 Å². The number of aromatic nitrogens is 4. The first-order valence-electron chi connectivity index (χ1n) is 16.8. The molecule has 28 heteroatoms. The number of hydrogen-bond acceptors (Lipinski definition) is 23. The van der Waals surface area contributed by atoms with E-state index in [1.54, 1.807) is 0 Å². The highest BCUT2D eigenvalue weighted by Gasteiger charge is 2.52. The Hall–Kier alpha value is -4.23. The fourth-order valence-corrected chi connectivity index (χ4v) is 8.64. The van der Waals surface area contributed by atoms with Gasteiger partial charge in [0.05, 0.1) is 19.5 Å². The van der Waals surface area contributed by atoms with E-state index in [1.807, 2.05) is 0 Å². The molecule has 0 aliphatic carbocycles. The van der Waals surface area contributed by atoms with Crippen LogP contribution in [0.15, 0.2) is 12.7 Å². The molecule has 58 heavy (non-hydrogen) atoms. The number of phosphoric ester groups is 1. The minimum absolute atomic E-state index is 0.00537. The fraction of sp³-hybridized carbons (Fsp3) is 0.633. The van der Waals surface area contributed by atoms with Crippen LogP contribution >= 0.6 is 14.5 Å². The summed E-state index contributed by atoms with van der Waals surface area (Å²) < 4.78 is 72.9. The summed E-state index contributed by atoms with van der Waals surface area (Å²) >= 11 is 4.97. The molecule has 0 bridgehead atoms. The molecule has 0 spiro atoms. The number of phosphoric acid groups is 1. The summed E-state index contributed by atoms with van der Waals surface area (Å²) in [6, 6.07) is 0. The summed E-state index contributed by atoms with van der Waals surface area (Å²) in [5, 5.41) is 0. The predicted octanol–water partition coefficient (Wildman–Crippen LogP) is 0.503. The molecule has 4 N–H and O–H groups in total. The van der Waals surface area contributed by atoms with E-state index in [-0.39, 0.29) is 17.0 Å². The maximum atomic E-state index is 13.4. The van der Waals surface area contributed by atoms with Gasteiger partial charge in [-0.1, -0.05) is 6.92 Å². The van der Waals surface area contributed by atoms with Gasteiger partial charge < -0.3 is 57.9 Å². The van der Waals surface area contributed by atoms with Crippen molar-refractivity contribution < 1.29 is 94.4 Å². The van der Waals surface area contributed by atoms with Gasteiger partial charge in [0.2, 0.25) is 6.29 Å². The molecule has 1 aliphatic rings. The second-order valence-corrected chi connectivity index (χ2v) is 16.7. The van der Waals surface area contributed by atoms with Gasteiger partial charge in [0, 0.05) is 54.6 Å². The zero-order chi connectivity index (χ0) is 43.7. The number of rotatable bonds is 20. The van der Waals surface area contributed by atoms with E-state index in [2.05, 4.69) is 15.0 Å². The van der Waals surface area contributed by atoms with Gasteiger partial charge in [-0.3, -0.25) is 37.9 Å². The molecule has 11 unspecified atom stereocenters. The zero-order valence-corrected chi connectivity index (χ0v) is 34.8. The summed E-state index contributed by atoms with van der Waals surface area (Å²) in [4.78, 5) is 106. The minimum Gasteiger partial charge on any atom is -0.465 e. The Morgan fingerprint density at radius 3 is 1.98 bits per heavy atom. The Morgan fingerprint density at radius 2 is 1.43 bits per heavy atom. The lowest BCUT2D eigenvalue weighted by Crippen LogP contribution is -2.54. The van der Waals surface area contributed by atoms with Crippen LogP contribution in [-0.4, -0.2) is 128 Å². The van der Waals surface area contributed by atoms with Crippen molar-refractivity contribution in [3.63, 3.8) is 0 Å². The number of anilines is 1. The van der Waals surface area contributed by atoms with Crippen molar-refractivity contribution in [1.82, 2.24) is 19.5 Å². The first-order chi connectivity index (χ1) is 26.9.